The van der Waals surface area contributed by atoms with Gasteiger partial charge in [0.25, 0.3) is 5.56 Å². The lowest BCUT2D eigenvalue weighted by Gasteiger charge is -2.09. The van der Waals surface area contributed by atoms with Crippen molar-refractivity contribution in [3.63, 3.8) is 0 Å². The number of hydrogen-bond donors (Lipinski definition) is 2. The van der Waals surface area contributed by atoms with E-state index in [4.69, 9.17) is 10.9 Å². The van der Waals surface area contributed by atoms with E-state index in [-0.39, 0.29) is 11.4 Å². The van der Waals surface area contributed by atoms with Crippen LogP contribution >= 0.6 is 0 Å². The van der Waals surface area contributed by atoms with Gasteiger partial charge in [0.2, 0.25) is 0 Å². The second-order valence-corrected chi connectivity index (χ2v) is 6.25. The van der Waals surface area contributed by atoms with Crippen LogP contribution in [0.2, 0.25) is 0 Å². The maximum absolute atomic E-state index is 12.6. The number of nitrogens with zero attached hydrogens (tertiary/aromatic N) is 3. The molecule has 0 unspecified atom stereocenters. The van der Waals surface area contributed by atoms with Crippen molar-refractivity contribution in [3.8, 4) is 0 Å². The average molecular weight is 346 g/mol. The number of fused-ring (bicyclic) bond motifs is 3. The second kappa shape index (κ2) is 6.07. The highest BCUT2D eigenvalue weighted by atomic mass is 16.4. The predicted octanol–water partition coefficient (Wildman–Crippen LogP) is 2.64. The van der Waals surface area contributed by atoms with Gasteiger partial charge in [-0.3, -0.25) is 4.79 Å². The van der Waals surface area contributed by atoms with E-state index in [1.165, 1.54) is 0 Å². The van der Waals surface area contributed by atoms with Crippen LogP contribution in [0.25, 0.3) is 21.9 Å². The largest absolute Gasteiger partial charge is 0.409 e. The first-order valence-electron chi connectivity index (χ1n) is 8.24. The van der Waals surface area contributed by atoms with Crippen molar-refractivity contribution in [2.24, 2.45) is 17.9 Å². The van der Waals surface area contributed by atoms with E-state index in [0.29, 0.717) is 12.1 Å². The predicted molar refractivity (Wildman–Crippen MR) is 103 cm³/mol. The summed E-state index contributed by atoms with van der Waals surface area (Å²) in [5, 5.41) is 12.8. The fourth-order valence-corrected chi connectivity index (χ4v) is 3.40. The summed E-state index contributed by atoms with van der Waals surface area (Å²) >= 11 is 0. The van der Waals surface area contributed by atoms with E-state index in [0.717, 1.165) is 27.5 Å². The van der Waals surface area contributed by atoms with Crippen molar-refractivity contribution in [2.45, 2.75) is 6.54 Å². The van der Waals surface area contributed by atoms with Gasteiger partial charge in [0.15, 0.2) is 5.84 Å². The Morgan fingerprint density at radius 2 is 1.77 bits per heavy atom. The molecule has 26 heavy (non-hydrogen) atoms. The maximum atomic E-state index is 12.6. The van der Waals surface area contributed by atoms with Crippen LogP contribution in [0.1, 0.15) is 11.1 Å². The van der Waals surface area contributed by atoms with Crippen molar-refractivity contribution in [2.75, 3.05) is 0 Å². The molecule has 0 spiro atoms. The van der Waals surface area contributed by atoms with Crippen LogP contribution in [0.15, 0.2) is 70.6 Å². The molecule has 0 aliphatic rings. The van der Waals surface area contributed by atoms with Gasteiger partial charge >= 0.3 is 0 Å². The number of amidine groups is 1. The van der Waals surface area contributed by atoms with Gasteiger partial charge in [0.05, 0.1) is 23.1 Å². The number of benzene rings is 2. The third kappa shape index (κ3) is 2.43. The van der Waals surface area contributed by atoms with E-state index in [9.17, 15) is 4.79 Å². The quantitative estimate of drug-likeness (QED) is 0.259. The van der Waals surface area contributed by atoms with Gasteiger partial charge in [-0.15, -0.1) is 0 Å². The van der Waals surface area contributed by atoms with Gasteiger partial charge in [0.1, 0.15) is 0 Å². The zero-order valence-corrected chi connectivity index (χ0v) is 14.3. The summed E-state index contributed by atoms with van der Waals surface area (Å²) in [6, 6.07) is 18.8. The number of hydrogen-bond acceptors (Lipinski definition) is 3. The Bertz CT molecular complexity index is 1200. The third-order valence-electron chi connectivity index (χ3n) is 4.74. The molecular weight excluding hydrogens is 328 g/mol. The Kier molecular flexibility index (Phi) is 3.73. The highest BCUT2D eigenvalue weighted by Gasteiger charge is 2.13. The first-order chi connectivity index (χ1) is 12.6. The van der Waals surface area contributed by atoms with Crippen molar-refractivity contribution in [1.29, 1.82) is 0 Å². The summed E-state index contributed by atoms with van der Waals surface area (Å²) in [7, 11) is 2.01. The maximum Gasteiger partial charge on any atom is 0.251 e. The van der Waals surface area contributed by atoms with Crippen LogP contribution < -0.4 is 11.3 Å². The fourth-order valence-electron chi connectivity index (χ4n) is 3.40. The number of para-hydroxylation sites is 1. The van der Waals surface area contributed by atoms with E-state index in [1.54, 1.807) is 22.8 Å². The number of pyridine rings is 1. The molecule has 2 aromatic heterocycles. The lowest BCUT2D eigenvalue weighted by molar-refractivity contribution is 0.318. The lowest BCUT2D eigenvalue weighted by atomic mass is 10.1. The summed E-state index contributed by atoms with van der Waals surface area (Å²) in [5.74, 6) is 0.0601. The smallest absolute Gasteiger partial charge is 0.251 e. The molecule has 0 amide bonds. The molecule has 0 aliphatic carbocycles. The molecule has 0 saturated heterocycles. The van der Waals surface area contributed by atoms with Crippen LogP contribution in [-0.4, -0.2) is 20.2 Å². The molecule has 130 valence electrons. The minimum atomic E-state index is -0.0469. The number of aromatic nitrogens is 2. The van der Waals surface area contributed by atoms with Crippen molar-refractivity contribution in [3.05, 3.63) is 82.1 Å². The summed E-state index contributed by atoms with van der Waals surface area (Å²) < 4.78 is 3.89. The average Bonchev–Trinajstić information content (AvgIpc) is 2.97. The molecule has 6 nitrogen and oxygen atoms in total. The van der Waals surface area contributed by atoms with Gasteiger partial charge in [-0.1, -0.05) is 47.6 Å². The zero-order valence-electron chi connectivity index (χ0n) is 14.3. The highest BCUT2D eigenvalue weighted by Crippen LogP contribution is 2.27. The Morgan fingerprint density at radius 1 is 1.04 bits per heavy atom. The summed E-state index contributed by atoms with van der Waals surface area (Å²) in [6.45, 7) is 0.445. The summed E-state index contributed by atoms with van der Waals surface area (Å²) in [5.41, 5.74) is 10.2. The van der Waals surface area contributed by atoms with Crippen LogP contribution in [0.5, 0.6) is 0 Å². The van der Waals surface area contributed by atoms with Gasteiger partial charge in [-0.2, -0.15) is 0 Å². The van der Waals surface area contributed by atoms with Crippen molar-refractivity contribution >= 4 is 27.8 Å². The molecule has 0 bridgehead atoms. The third-order valence-corrected chi connectivity index (χ3v) is 4.74. The number of oxime groups is 1. The number of aryl methyl sites for hydroxylation is 1. The Hall–Kier alpha value is -3.54. The monoisotopic (exact) mass is 346 g/mol. The Morgan fingerprint density at radius 3 is 2.50 bits per heavy atom. The molecular formula is C20H18N4O2. The van der Waals surface area contributed by atoms with Crippen molar-refractivity contribution in [1.82, 2.24) is 9.13 Å². The Labute approximate surface area is 149 Å². The van der Waals surface area contributed by atoms with Gasteiger partial charge in [-0.25, -0.2) is 0 Å². The molecule has 3 N–H and O–H groups in total. The van der Waals surface area contributed by atoms with Crippen LogP contribution in [0.4, 0.5) is 0 Å². The minimum Gasteiger partial charge on any atom is -0.409 e. The SMILES string of the molecule is Cn1c2ccccc2c2c1ccc(=O)n2Cc1ccc(/C(N)=N/O)cc1. The van der Waals surface area contributed by atoms with Gasteiger partial charge in [-0.05, 0) is 17.7 Å². The molecule has 2 heterocycles. The molecule has 0 aliphatic heterocycles. The van der Waals surface area contributed by atoms with E-state index < -0.39 is 0 Å². The molecule has 2 aromatic carbocycles. The number of nitrogens with two attached hydrogens (primary N) is 1. The first-order valence-corrected chi connectivity index (χ1v) is 8.24. The van der Waals surface area contributed by atoms with Gasteiger partial charge < -0.3 is 20.1 Å². The van der Waals surface area contributed by atoms with Gasteiger partial charge in [0, 0.05) is 24.1 Å². The molecule has 6 heteroatoms. The molecule has 0 atom stereocenters. The van der Waals surface area contributed by atoms with Crippen molar-refractivity contribution < 1.29 is 5.21 Å². The molecule has 4 aromatic rings. The second-order valence-electron chi connectivity index (χ2n) is 6.25. The molecule has 4 rings (SSSR count). The lowest BCUT2D eigenvalue weighted by Crippen LogP contribution is -2.20. The van der Waals surface area contributed by atoms with Crippen LogP contribution in [0.3, 0.4) is 0 Å². The number of rotatable bonds is 3. The molecule has 0 fully saturated rings. The Balaban J connectivity index is 1.88. The molecule has 0 saturated carbocycles. The minimum absolute atomic E-state index is 0.0469. The van der Waals surface area contributed by atoms with E-state index in [1.807, 2.05) is 43.4 Å². The first kappa shape index (κ1) is 16.0. The summed E-state index contributed by atoms with van der Waals surface area (Å²) in [6.07, 6.45) is 0. The topological polar surface area (TPSA) is 85.5 Å². The van der Waals surface area contributed by atoms with E-state index in [2.05, 4.69) is 15.8 Å². The summed E-state index contributed by atoms with van der Waals surface area (Å²) in [4.78, 5) is 12.6. The zero-order chi connectivity index (χ0) is 18.3. The standard InChI is InChI=1S/C20H18N4O2/c1-23-16-5-3-2-4-15(16)19-17(23)10-11-18(25)24(19)12-13-6-8-14(9-7-13)20(21)22-26/h2-11,26H,12H2,1H3,(H2,21,22). The highest BCUT2D eigenvalue weighted by molar-refractivity contribution is 6.05. The van der Waals surface area contributed by atoms with Crippen LogP contribution in [0, 0.1) is 0 Å². The van der Waals surface area contributed by atoms with Crippen LogP contribution in [-0.2, 0) is 13.6 Å². The molecule has 0 radical (unpaired) electrons. The fraction of sp³-hybridized carbons (Fsp3) is 0.100. The normalized spacial score (nSPS) is 12.1. The van der Waals surface area contributed by atoms with E-state index >= 15 is 0 Å².